The van der Waals surface area contributed by atoms with Gasteiger partial charge in [-0.15, -0.1) is 0 Å². The minimum Gasteiger partial charge on any atom is -0.383 e. The molecule has 88 valence electrons. The summed E-state index contributed by atoms with van der Waals surface area (Å²) in [6, 6.07) is 0.497. The van der Waals surface area contributed by atoms with Gasteiger partial charge >= 0.3 is 0 Å². The molecule has 3 nitrogen and oxygen atoms in total. The summed E-state index contributed by atoms with van der Waals surface area (Å²) in [5.74, 6) is 0.726. The molecule has 2 rings (SSSR count). The highest BCUT2D eigenvalue weighted by Crippen LogP contribution is 2.44. The van der Waals surface area contributed by atoms with E-state index in [1.807, 2.05) is 7.05 Å². The summed E-state index contributed by atoms with van der Waals surface area (Å²) < 4.78 is 11.2. The Morgan fingerprint density at radius 1 is 1.53 bits per heavy atom. The van der Waals surface area contributed by atoms with E-state index in [0.717, 1.165) is 19.1 Å². The molecule has 1 heterocycles. The Hall–Kier alpha value is -0.120. The van der Waals surface area contributed by atoms with Gasteiger partial charge in [-0.2, -0.15) is 0 Å². The topological polar surface area (TPSA) is 30.5 Å². The van der Waals surface area contributed by atoms with Crippen LogP contribution in [-0.2, 0) is 9.47 Å². The van der Waals surface area contributed by atoms with Gasteiger partial charge in [0.15, 0.2) is 0 Å². The fraction of sp³-hybridized carbons (Fsp3) is 1.00. The molecule has 0 aromatic rings. The molecule has 2 fully saturated rings. The molecule has 1 aliphatic carbocycles. The van der Waals surface area contributed by atoms with Crippen molar-refractivity contribution in [2.24, 2.45) is 5.92 Å². The van der Waals surface area contributed by atoms with E-state index >= 15 is 0 Å². The van der Waals surface area contributed by atoms with E-state index in [1.54, 1.807) is 7.11 Å². The van der Waals surface area contributed by atoms with Gasteiger partial charge in [-0.05, 0) is 45.1 Å². The van der Waals surface area contributed by atoms with E-state index in [0.29, 0.717) is 6.04 Å². The van der Waals surface area contributed by atoms with Crippen molar-refractivity contribution in [3.05, 3.63) is 0 Å². The van der Waals surface area contributed by atoms with Crippen molar-refractivity contribution < 1.29 is 9.47 Å². The van der Waals surface area contributed by atoms with E-state index < -0.39 is 0 Å². The summed E-state index contributed by atoms with van der Waals surface area (Å²) in [4.78, 5) is 0. The van der Waals surface area contributed by atoms with Gasteiger partial charge in [-0.25, -0.2) is 0 Å². The zero-order valence-corrected chi connectivity index (χ0v) is 9.92. The van der Waals surface area contributed by atoms with Gasteiger partial charge in [0.25, 0.3) is 0 Å². The Labute approximate surface area is 92.5 Å². The monoisotopic (exact) mass is 213 g/mol. The average molecular weight is 213 g/mol. The number of ether oxygens (including phenoxy) is 2. The van der Waals surface area contributed by atoms with E-state index in [-0.39, 0.29) is 5.60 Å². The minimum absolute atomic E-state index is 0.256. The predicted molar refractivity (Wildman–Crippen MR) is 60.0 cm³/mol. The Kier molecular flexibility index (Phi) is 3.65. The maximum Gasteiger partial charge on any atom is 0.0685 e. The van der Waals surface area contributed by atoms with Crippen LogP contribution in [0.25, 0.3) is 0 Å². The van der Waals surface area contributed by atoms with E-state index in [4.69, 9.17) is 9.47 Å². The zero-order valence-electron chi connectivity index (χ0n) is 9.92. The number of rotatable bonds is 4. The Morgan fingerprint density at radius 2 is 2.33 bits per heavy atom. The first-order valence-corrected chi connectivity index (χ1v) is 6.10. The molecule has 1 spiro atoms. The highest BCUT2D eigenvalue weighted by Gasteiger charge is 2.43. The van der Waals surface area contributed by atoms with Crippen LogP contribution in [0.4, 0.5) is 0 Å². The molecular weight excluding hydrogens is 190 g/mol. The quantitative estimate of drug-likeness (QED) is 0.769. The molecule has 0 radical (unpaired) electrons. The summed E-state index contributed by atoms with van der Waals surface area (Å²) >= 11 is 0. The molecule has 3 heteroatoms. The van der Waals surface area contributed by atoms with Crippen LogP contribution in [0.1, 0.15) is 32.1 Å². The maximum absolute atomic E-state index is 5.94. The van der Waals surface area contributed by atoms with Crippen LogP contribution in [-0.4, -0.2) is 39.0 Å². The van der Waals surface area contributed by atoms with Gasteiger partial charge in [0.2, 0.25) is 0 Å². The zero-order chi connectivity index (χ0) is 10.7. The summed E-state index contributed by atoms with van der Waals surface area (Å²) in [5.41, 5.74) is 0.256. The molecule has 0 aromatic heterocycles. The highest BCUT2D eigenvalue weighted by atomic mass is 16.5. The second-order valence-corrected chi connectivity index (χ2v) is 4.99. The molecule has 1 saturated carbocycles. The SMILES string of the molecule is CNC(COC)C1CCOC2(CCC2)C1. The number of hydrogen-bond donors (Lipinski definition) is 1. The molecule has 1 saturated heterocycles. The van der Waals surface area contributed by atoms with Gasteiger partial charge < -0.3 is 14.8 Å². The van der Waals surface area contributed by atoms with Crippen LogP contribution in [0.3, 0.4) is 0 Å². The molecule has 2 aliphatic rings. The molecule has 0 bridgehead atoms. The van der Waals surface area contributed by atoms with Gasteiger partial charge in [0.05, 0.1) is 12.2 Å². The lowest BCUT2D eigenvalue weighted by Gasteiger charge is -2.48. The molecule has 1 aliphatic heterocycles. The number of likely N-dealkylation sites (N-methyl/N-ethyl adjacent to an activating group) is 1. The van der Waals surface area contributed by atoms with E-state index in [9.17, 15) is 0 Å². The first-order chi connectivity index (χ1) is 7.29. The number of nitrogens with one attached hydrogen (secondary N) is 1. The highest BCUT2D eigenvalue weighted by molar-refractivity contribution is 4.96. The largest absolute Gasteiger partial charge is 0.383 e. The predicted octanol–water partition coefficient (Wildman–Crippen LogP) is 1.57. The van der Waals surface area contributed by atoms with Crippen molar-refractivity contribution in [2.45, 2.75) is 43.7 Å². The minimum atomic E-state index is 0.256. The van der Waals surface area contributed by atoms with Crippen LogP contribution in [0, 0.1) is 5.92 Å². The van der Waals surface area contributed by atoms with Crippen molar-refractivity contribution in [3.63, 3.8) is 0 Å². The molecular formula is C12H23NO2. The summed E-state index contributed by atoms with van der Waals surface area (Å²) in [5, 5.41) is 3.38. The standard InChI is InChI=1S/C12H23NO2/c1-13-11(9-14-2)10-4-7-15-12(8-10)5-3-6-12/h10-11,13H,3-9H2,1-2H3. The summed E-state index contributed by atoms with van der Waals surface area (Å²) in [7, 11) is 3.81. The second-order valence-electron chi connectivity index (χ2n) is 4.99. The van der Waals surface area contributed by atoms with Gasteiger partial charge in [0.1, 0.15) is 0 Å². The summed E-state index contributed by atoms with van der Waals surface area (Å²) in [6.45, 7) is 1.75. The molecule has 2 unspecified atom stereocenters. The second kappa shape index (κ2) is 4.81. The van der Waals surface area contributed by atoms with Gasteiger partial charge in [-0.1, -0.05) is 0 Å². The molecule has 0 aromatic carbocycles. The lowest BCUT2D eigenvalue weighted by molar-refractivity contribution is -0.148. The normalized spacial score (nSPS) is 31.2. The fourth-order valence-electron chi connectivity index (χ4n) is 2.96. The maximum atomic E-state index is 5.94. The van der Waals surface area contributed by atoms with Crippen molar-refractivity contribution in [1.29, 1.82) is 0 Å². The van der Waals surface area contributed by atoms with E-state index in [1.165, 1.54) is 32.1 Å². The Morgan fingerprint density at radius 3 is 2.87 bits per heavy atom. The third-order valence-electron chi connectivity index (χ3n) is 4.08. The van der Waals surface area contributed by atoms with Crippen molar-refractivity contribution in [2.75, 3.05) is 27.4 Å². The van der Waals surface area contributed by atoms with Crippen LogP contribution < -0.4 is 5.32 Å². The Bertz CT molecular complexity index is 204. The average Bonchev–Trinajstić information content (AvgIpc) is 2.24. The van der Waals surface area contributed by atoms with Crippen LogP contribution in [0.15, 0.2) is 0 Å². The van der Waals surface area contributed by atoms with Gasteiger partial charge in [0, 0.05) is 19.8 Å². The third-order valence-corrected chi connectivity index (χ3v) is 4.08. The molecule has 1 N–H and O–H groups in total. The lowest BCUT2D eigenvalue weighted by atomic mass is 9.70. The van der Waals surface area contributed by atoms with Crippen molar-refractivity contribution >= 4 is 0 Å². The first kappa shape index (κ1) is 11.4. The molecule has 15 heavy (non-hydrogen) atoms. The van der Waals surface area contributed by atoms with Crippen LogP contribution >= 0.6 is 0 Å². The van der Waals surface area contributed by atoms with Gasteiger partial charge in [-0.3, -0.25) is 0 Å². The number of methoxy groups -OCH3 is 1. The first-order valence-electron chi connectivity index (χ1n) is 6.10. The smallest absolute Gasteiger partial charge is 0.0685 e. The van der Waals surface area contributed by atoms with E-state index in [2.05, 4.69) is 5.32 Å². The van der Waals surface area contributed by atoms with Crippen LogP contribution in [0.2, 0.25) is 0 Å². The number of hydrogen-bond acceptors (Lipinski definition) is 3. The Balaban J connectivity index is 1.90. The van der Waals surface area contributed by atoms with Crippen LogP contribution in [0.5, 0.6) is 0 Å². The lowest BCUT2D eigenvalue weighted by Crippen LogP contribution is -2.50. The van der Waals surface area contributed by atoms with Crippen molar-refractivity contribution in [1.82, 2.24) is 5.32 Å². The molecule has 2 atom stereocenters. The summed E-state index contributed by atoms with van der Waals surface area (Å²) in [6.07, 6.45) is 6.29. The van der Waals surface area contributed by atoms with Crippen molar-refractivity contribution in [3.8, 4) is 0 Å². The molecule has 0 amide bonds. The fourth-order valence-corrected chi connectivity index (χ4v) is 2.96. The third kappa shape index (κ3) is 2.35.